The van der Waals surface area contributed by atoms with Crippen molar-refractivity contribution in [2.24, 2.45) is 5.92 Å². The van der Waals surface area contributed by atoms with E-state index in [2.05, 4.69) is 69.8 Å². The van der Waals surface area contributed by atoms with Crippen LogP contribution in [-0.2, 0) is 0 Å². The molecule has 0 aliphatic rings. The molecule has 0 radical (unpaired) electrons. The van der Waals surface area contributed by atoms with Gasteiger partial charge in [0.25, 0.3) is 0 Å². The molecule has 0 heterocycles. The molecule has 0 aliphatic heterocycles. The second kappa shape index (κ2) is 17.9. The van der Waals surface area contributed by atoms with Gasteiger partial charge in [0.05, 0.1) is 0 Å². The Kier molecular flexibility index (Phi) is 18.1. The quantitative estimate of drug-likeness (QED) is 0.145. The van der Waals surface area contributed by atoms with Crippen molar-refractivity contribution in [3.63, 3.8) is 0 Å². The fourth-order valence-corrected chi connectivity index (χ4v) is 7.33. The van der Waals surface area contributed by atoms with Crippen LogP contribution >= 0.6 is 7.71 Å². The van der Waals surface area contributed by atoms with Crippen molar-refractivity contribution in [1.29, 1.82) is 0 Å². The van der Waals surface area contributed by atoms with E-state index in [1.54, 1.807) is 0 Å². The standard InChI is InChI=1S/C25H58N3P/c1-9-11-13-14-15-16-17-18-19-20-21-23-25(22-12-10-2)24-28(7)29(8,26(3)4)27(5)6/h25,29H,9-24H2,1-8H3. The second-order valence-electron chi connectivity index (χ2n) is 9.97. The first-order valence-electron chi connectivity index (χ1n) is 12.9. The zero-order valence-corrected chi connectivity index (χ0v) is 22.7. The van der Waals surface area contributed by atoms with Crippen molar-refractivity contribution >= 4 is 7.71 Å². The molecule has 0 amide bonds. The average Bonchev–Trinajstić information content (AvgIpc) is 2.68. The summed E-state index contributed by atoms with van der Waals surface area (Å²) in [5, 5.41) is 0. The molecule has 1 atom stereocenters. The summed E-state index contributed by atoms with van der Waals surface area (Å²) in [5.41, 5.74) is 0. The van der Waals surface area contributed by atoms with Crippen molar-refractivity contribution < 1.29 is 0 Å². The van der Waals surface area contributed by atoms with Gasteiger partial charge in [-0.15, -0.1) is 0 Å². The van der Waals surface area contributed by atoms with Gasteiger partial charge in [0, 0.05) is 0 Å². The van der Waals surface area contributed by atoms with E-state index in [1.807, 2.05) is 0 Å². The number of hydrogen-bond acceptors (Lipinski definition) is 3. The van der Waals surface area contributed by atoms with E-state index < -0.39 is 7.71 Å². The Morgan fingerprint density at radius 2 is 0.931 bits per heavy atom. The fourth-order valence-electron chi connectivity index (χ4n) is 4.56. The van der Waals surface area contributed by atoms with Crippen molar-refractivity contribution in [2.75, 3.05) is 48.4 Å². The first-order chi connectivity index (χ1) is 13.8. The second-order valence-corrected chi connectivity index (χ2v) is 14.5. The van der Waals surface area contributed by atoms with Crippen molar-refractivity contribution in [3.05, 3.63) is 0 Å². The number of hydrogen-bond donors (Lipinski definition) is 0. The summed E-state index contributed by atoms with van der Waals surface area (Å²) >= 11 is 0. The van der Waals surface area contributed by atoms with Crippen LogP contribution < -0.4 is 0 Å². The minimum atomic E-state index is -1.69. The average molecular weight is 432 g/mol. The third-order valence-electron chi connectivity index (χ3n) is 7.13. The van der Waals surface area contributed by atoms with Crippen LogP contribution in [0.15, 0.2) is 0 Å². The Bertz CT molecular complexity index is 352. The van der Waals surface area contributed by atoms with Crippen LogP contribution in [-0.4, -0.2) is 62.5 Å². The van der Waals surface area contributed by atoms with E-state index in [1.165, 1.54) is 103 Å². The third kappa shape index (κ3) is 12.7. The topological polar surface area (TPSA) is 9.72 Å². The van der Waals surface area contributed by atoms with Crippen LogP contribution in [0.4, 0.5) is 0 Å². The summed E-state index contributed by atoms with van der Waals surface area (Å²) in [6.07, 6.45) is 21.4. The molecule has 4 heteroatoms. The molecule has 3 nitrogen and oxygen atoms in total. The molecule has 0 saturated heterocycles. The molecule has 1 unspecified atom stereocenters. The first-order valence-corrected chi connectivity index (χ1v) is 15.2. The molecule has 0 aromatic carbocycles. The van der Waals surface area contributed by atoms with Crippen LogP contribution in [0.5, 0.6) is 0 Å². The van der Waals surface area contributed by atoms with Gasteiger partial charge in [-0.2, -0.15) is 0 Å². The van der Waals surface area contributed by atoms with Gasteiger partial charge in [-0.25, -0.2) is 0 Å². The van der Waals surface area contributed by atoms with Crippen LogP contribution in [0, 0.1) is 5.92 Å². The van der Waals surface area contributed by atoms with Gasteiger partial charge >= 0.3 is 160 Å². The van der Waals surface area contributed by atoms with Gasteiger partial charge in [0.1, 0.15) is 0 Å². The maximum absolute atomic E-state index is 2.70. The molecule has 0 aliphatic carbocycles. The summed E-state index contributed by atoms with van der Waals surface area (Å²) < 4.78 is 7.66. The molecule has 0 saturated carbocycles. The molecular weight excluding hydrogens is 373 g/mol. The zero-order chi connectivity index (χ0) is 22.1. The van der Waals surface area contributed by atoms with Gasteiger partial charge < -0.3 is 0 Å². The summed E-state index contributed by atoms with van der Waals surface area (Å²) in [6.45, 7) is 8.38. The molecule has 0 bridgehead atoms. The van der Waals surface area contributed by atoms with Crippen molar-refractivity contribution in [3.8, 4) is 0 Å². The molecule has 178 valence electrons. The van der Waals surface area contributed by atoms with Crippen molar-refractivity contribution in [1.82, 2.24) is 14.0 Å². The zero-order valence-electron chi connectivity index (χ0n) is 21.7. The summed E-state index contributed by atoms with van der Waals surface area (Å²) in [7, 11) is 9.71. The Morgan fingerprint density at radius 3 is 1.34 bits per heavy atom. The summed E-state index contributed by atoms with van der Waals surface area (Å²) in [6, 6.07) is 0. The van der Waals surface area contributed by atoms with E-state index in [-0.39, 0.29) is 0 Å². The molecule has 0 aromatic heterocycles. The molecule has 29 heavy (non-hydrogen) atoms. The van der Waals surface area contributed by atoms with E-state index >= 15 is 0 Å². The predicted molar refractivity (Wildman–Crippen MR) is 138 cm³/mol. The van der Waals surface area contributed by atoms with Crippen LogP contribution in [0.25, 0.3) is 0 Å². The maximum atomic E-state index is 2.70. The van der Waals surface area contributed by atoms with Gasteiger partial charge in [-0.3, -0.25) is 0 Å². The summed E-state index contributed by atoms with van der Waals surface area (Å²) in [5.74, 6) is 0.866. The summed E-state index contributed by atoms with van der Waals surface area (Å²) in [4.78, 5) is 0. The molecule has 0 rings (SSSR count). The Balaban J connectivity index is 4.17. The fraction of sp³-hybridized carbons (Fsp3) is 1.00. The van der Waals surface area contributed by atoms with Gasteiger partial charge in [0.2, 0.25) is 0 Å². The number of rotatable bonds is 20. The van der Waals surface area contributed by atoms with E-state index in [0.29, 0.717) is 0 Å². The van der Waals surface area contributed by atoms with Gasteiger partial charge in [-0.05, 0) is 0 Å². The molecule has 0 spiro atoms. The van der Waals surface area contributed by atoms with E-state index in [0.717, 1.165) is 5.92 Å². The SMILES string of the molecule is CCCCCCCCCCCCCC(CCCC)CN(C)[PH](C)(N(C)C)N(C)C. The molecule has 0 aromatic rings. The van der Waals surface area contributed by atoms with E-state index in [9.17, 15) is 0 Å². The van der Waals surface area contributed by atoms with Crippen LogP contribution in [0.2, 0.25) is 0 Å². The number of unbranched alkanes of at least 4 members (excludes halogenated alkanes) is 11. The van der Waals surface area contributed by atoms with Crippen LogP contribution in [0.3, 0.4) is 0 Å². The Morgan fingerprint density at radius 1 is 0.552 bits per heavy atom. The van der Waals surface area contributed by atoms with Crippen molar-refractivity contribution in [2.45, 2.75) is 110 Å². The Labute approximate surface area is 186 Å². The van der Waals surface area contributed by atoms with Crippen LogP contribution in [0.1, 0.15) is 110 Å². The molecular formula is C25H58N3P. The monoisotopic (exact) mass is 431 g/mol. The molecule has 0 fully saturated rings. The van der Waals surface area contributed by atoms with Gasteiger partial charge in [0.15, 0.2) is 0 Å². The minimum absolute atomic E-state index is 0.866. The predicted octanol–water partition coefficient (Wildman–Crippen LogP) is 7.67. The van der Waals surface area contributed by atoms with Gasteiger partial charge in [-0.1, -0.05) is 26.2 Å². The third-order valence-corrected chi connectivity index (χ3v) is 12.1. The number of nitrogens with zero attached hydrogens (tertiary/aromatic N) is 3. The normalized spacial score (nSPS) is 14.3. The first kappa shape index (κ1) is 29.3. The van der Waals surface area contributed by atoms with E-state index in [4.69, 9.17) is 0 Å². The molecule has 0 N–H and O–H groups in total. The Hall–Kier alpha value is 0.310.